The smallest absolute Gasteiger partial charge is 0.307 e. The van der Waals surface area contributed by atoms with Crippen molar-refractivity contribution >= 4 is 23.3 Å². The first kappa shape index (κ1) is 22.5. The van der Waals surface area contributed by atoms with Crippen LogP contribution in [0, 0.1) is 27.9 Å². The number of aryl methyl sites for hydroxylation is 2. The second kappa shape index (κ2) is 10.1. The molecule has 1 aliphatic rings. The van der Waals surface area contributed by atoms with E-state index in [-0.39, 0.29) is 31.1 Å². The van der Waals surface area contributed by atoms with Crippen molar-refractivity contribution < 1.29 is 24.0 Å². The lowest BCUT2D eigenvalue weighted by Gasteiger charge is -2.17. The van der Waals surface area contributed by atoms with Crippen molar-refractivity contribution in [1.82, 2.24) is 0 Å². The molecular formula is C21H28N2O6. The van der Waals surface area contributed by atoms with Crippen molar-refractivity contribution in [2.24, 2.45) is 17.8 Å². The average molecular weight is 404 g/mol. The van der Waals surface area contributed by atoms with E-state index in [1.54, 1.807) is 6.92 Å². The zero-order chi connectivity index (χ0) is 21.6. The van der Waals surface area contributed by atoms with Gasteiger partial charge < -0.3 is 10.1 Å². The molecule has 1 aliphatic carbocycles. The summed E-state index contributed by atoms with van der Waals surface area (Å²) in [6.45, 7) is 4.95. The molecule has 1 amide bonds. The van der Waals surface area contributed by atoms with Gasteiger partial charge in [0.05, 0.1) is 6.42 Å². The molecule has 1 aromatic carbocycles. The molecule has 2 rings (SSSR count). The lowest BCUT2D eigenvalue weighted by Crippen LogP contribution is -2.28. The lowest BCUT2D eigenvalue weighted by atomic mass is 9.88. The van der Waals surface area contributed by atoms with E-state index < -0.39 is 35.2 Å². The second-order valence-corrected chi connectivity index (χ2v) is 7.50. The maximum absolute atomic E-state index is 12.3. The third kappa shape index (κ3) is 5.85. The fourth-order valence-corrected chi connectivity index (χ4v) is 3.96. The second-order valence-electron chi connectivity index (χ2n) is 7.50. The number of benzene rings is 1. The number of nitro groups is 1. The molecule has 0 aliphatic heterocycles. The first-order valence-electron chi connectivity index (χ1n) is 9.97. The van der Waals surface area contributed by atoms with Crippen molar-refractivity contribution in [2.45, 2.75) is 46.5 Å². The van der Waals surface area contributed by atoms with Crippen LogP contribution in [0.25, 0.3) is 0 Å². The van der Waals surface area contributed by atoms with Crippen LogP contribution in [0.3, 0.4) is 0 Å². The van der Waals surface area contributed by atoms with Gasteiger partial charge in [0.25, 0.3) is 5.91 Å². The number of hydrogen-bond acceptors (Lipinski definition) is 6. The molecule has 158 valence electrons. The van der Waals surface area contributed by atoms with Crippen LogP contribution in [0.4, 0.5) is 5.69 Å². The molecule has 0 saturated heterocycles. The summed E-state index contributed by atoms with van der Waals surface area (Å²) in [7, 11) is 0. The zero-order valence-electron chi connectivity index (χ0n) is 17.1. The molecule has 1 saturated carbocycles. The number of para-hydroxylation sites is 1. The Bertz CT molecular complexity index is 769. The Morgan fingerprint density at radius 1 is 1.24 bits per heavy atom. The molecule has 1 aromatic rings. The molecule has 0 radical (unpaired) electrons. The normalized spacial score (nSPS) is 21.1. The number of esters is 1. The van der Waals surface area contributed by atoms with Gasteiger partial charge in [-0.05, 0) is 29.9 Å². The average Bonchev–Trinajstić information content (AvgIpc) is 2.93. The van der Waals surface area contributed by atoms with Crippen molar-refractivity contribution in [3.63, 3.8) is 0 Å². The number of carbonyl (C=O) groups excluding carboxylic acids is 3. The number of anilines is 1. The van der Waals surface area contributed by atoms with Crippen molar-refractivity contribution in [2.75, 3.05) is 18.5 Å². The fourth-order valence-electron chi connectivity index (χ4n) is 3.96. The Balaban J connectivity index is 1.93. The summed E-state index contributed by atoms with van der Waals surface area (Å²) in [5.41, 5.74) is 2.73. The van der Waals surface area contributed by atoms with Gasteiger partial charge in [-0.15, -0.1) is 0 Å². The van der Waals surface area contributed by atoms with E-state index >= 15 is 0 Å². The van der Waals surface area contributed by atoms with E-state index in [2.05, 4.69) is 5.32 Å². The van der Waals surface area contributed by atoms with Crippen LogP contribution in [0.5, 0.6) is 0 Å². The van der Waals surface area contributed by atoms with Crippen LogP contribution >= 0.6 is 0 Å². The van der Waals surface area contributed by atoms with E-state index in [0.29, 0.717) is 0 Å². The van der Waals surface area contributed by atoms with Gasteiger partial charge in [0.15, 0.2) is 6.61 Å². The molecule has 0 bridgehead atoms. The molecule has 0 unspecified atom stereocenters. The Hall–Kier alpha value is -2.77. The minimum atomic E-state index is -0.724. The molecule has 3 atom stereocenters. The molecule has 1 N–H and O–H groups in total. The van der Waals surface area contributed by atoms with Crippen molar-refractivity contribution in [3.05, 3.63) is 39.4 Å². The highest BCUT2D eigenvalue weighted by molar-refractivity contribution is 5.94. The largest absolute Gasteiger partial charge is 0.456 e. The molecule has 8 nitrogen and oxygen atoms in total. The van der Waals surface area contributed by atoms with Gasteiger partial charge in [-0.25, -0.2) is 0 Å². The third-order valence-electron chi connectivity index (χ3n) is 5.56. The number of Topliss-reactive ketones (excluding diaryl/α,β-unsaturated/α-hetero) is 1. The van der Waals surface area contributed by atoms with Gasteiger partial charge in [-0.1, -0.05) is 39.0 Å². The topological polar surface area (TPSA) is 116 Å². The summed E-state index contributed by atoms with van der Waals surface area (Å²) in [4.78, 5) is 47.0. The standard InChI is InChI=1S/C21H28N2O6/c1-4-14-7-6-8-15(5-2)21(14)22-19(25)12-29-20(26)10-16-17(11-23(27)28)13(3)9-18(16)24/h6-8,13,16-17H,4-5,9-12H2,1-3H3,(H,22,25)/t13-,16+,17-/m1/s1. The highest BCUT2D eigenvalue weighted by Crippen LogP contribution is 2.36. The number of amides is 1. The predicted molar refractivity (Wildman–Crippen MR) is 107 cm³/mol. The highest BCUT2D eigenvalue weighted by atomic mass is 16.6. The summed E-state index contributed by atoms with van der Waals surface area (Å²) in [6.07, 6.45) is 1.50. The van der Waals surface area contributed by atoms with Crippen molar-refractivity contribution in [3.8, 4) is 0 Å². The van der Waals surface area contributed by atoms with Gasteiger partial charge in [0.2, 0.25) is 6.54 Å². The summed E-state index contributed by atoms with van der Waals surface area (Å²) in [6, 6.07) is 5.81. The van der Waals surface area contributed by atoms with E-state index in [1.807, 2.05) is 32.0 Å². The Labute approximate surface area is 170 Å². The van der Waals surface area contributed by atoms with Crippen LogP contribution in [0.2, 0.25) is 0 Å². The van der Waals surface area contributed by atoms with E-state index in [9.17, 15) is 24.5 Å². The Morgan fingerprint density at radius 2 is 1.86 bits per heavy atom. The molecule has 0 spiro atoms. The fraction of sp³-hybridized carbons (Fsp3) is 0.571. The SMILES string of the molecule is CCc1cccc(CC)c1NC(=O)COC(=O)C[C@@H]1C(=O)C[C@@H](C)[C@H]1C[N+](=O)[O-]. The maximum Gasteiger partial charge on any atom is 0.307 e. The molecule has 29 heavy (non-hydrogen) atoms. The van der Waals surface area contributed by atoms with E-state index in [0.717, 1.165) is 29.7 Å². The third-order valence-corrected chi connectivity index (χ3v) is 5.56. The zero-order valence-corrected chi connectivity index (χ0v) is 17.1. The highest BCUT2D eigenvalue weighted by Gasteiger charge is 2.44. The number of nitrogens with one attached hydrogen (secondary N) is 1. The summed E-state index contributed by atoms with van der Waals surface area (Å²) < 4.78 is 5.05. The quantitative estimate of drug-likeness (QED) is 0.384. The maximum atomic E-state index is 12.3. The monoisotopic (exact) mass is 404 g/mol. The van der Waals surface area contributed by atoms with Gasteiger partial charge in [0.1, 0.15) is 5.78 Å². The summed E-state index contributed by atoms with van der Waals surface area (Å²) in [5, 5.41) is 13.7. The van der Waals surface area contributed by atoms with Crippen LogP contribution in [-0.4, -0.2) is 35.7 Å². The van der Waals surface area contributed by atoms with Crippen LogP contribution in [0.1, 0.15) is 44.7 Å². The molecule has 0 aromatic heterocycles. The number of ether oxygens (including phenoxy) is 1. The first-order chi connectivity index (χ1) is 13.8. The van der Waals surface area contributed by atoms with E-state index in [1.165, 1.54) is 0 Å². The van der Waals surface area contributed by atoms with Gasteiger partial charge in [0, 0.05) is 28.9 Å². The summed E-state index contributed by atoms with van der Waals surface area (Å²) in [5.74, 6) is -2.66. The van der Waals surface area contributed by atoms with Gasteiger partial charge in [-0.2, -0.15) is 0 Å². The number of nitrogens with zero attached hydrogens (tertiary/aromatic N) is 1. The van der Waals surface area contributed by atoms with Crippen LogP contribution in [-0.2, 0) is 32.0 Å². The minimum Gasteiger partial charge on any atom is -0.456 e. The Morgan fingerprint density at radius 3 is 2.41 bits per heavy atom. The van der Waals surface area contributed by atoms with Gasteiger partial charge >= 0.3 is 5.97 Å². The van der Waals surface area contributed by atoms with E-state index in [4.69, 9.17) is 4.74 Å². The molecular weight excluding hydrogens is 376 g/mol. The molecule has 1 fully saturated rings. The number of hydrogen-bond donors (Lipinski definition) is 1. The predicted octanol–water partition coefficient (Wildman–Crippen LogP) is 2.80. The molecule has 8 heteroatoms. The van der Waals surface area contributed by atoms with Crippen LogP contribution < -0.4 is 5.32 Å². The molecule has 0 heterocycles. The summed E-state index contributed by atoms with van der Waals surface area (Å²) >= 11 is 0. The van der Waals surface area contributed by atoms with Crippen LogP contribution in [0.15, 0.2) is 18.2 Å². The lowest BCUT2D eigenvalue weighted by molar-refractivity contribution is -0.490. The van der Waals surface area contributed by atoms with Gasteiger partial charge in [-0.3, -0.25) is 24.5 Å². The minimum absolute atomic E-state index is 0.146. The number of rotatable bonds is 9. The Kier molecular flexibility index (Phi) is 7.87. The number of carbonyl (C=O) groups is 3. The number of ketones is 1. The first-order valence-corrected chi connectivity index (χ1v) is 9.97. The van der Waals surface area contributed by atoms with Crippen molar-refractivity contribution in [1.29, 1.82) is 0 Å².